The molecular formula is C16H15N3O4. The van der Waals surface area contributed by atoms with Crippen LogP contribution in [0.1, 0.15) is 17.7 Å². The standard InChI is InChI=1S/C16H15N3O4/c1-10-8-16(23-14(10)21,12-6-4-3-5-7-12)9-19-15(22)17-13(20)11(2)18-19/h3-7H,1,8-9H2,2H3,(H,17,20,22). The Labute approximate surface area is 131 Å². The summed E-state index contributed by atoms with van der Waals surface area (Å²) in [7, 11) is 0. The fraction of sp³-hybridized carbons (Fsp3) is 0.250. The Hall–Kier alpha value is -2.96. The molecule has 0 bridgehead atoms. The number of benzene rings is 1. The SMILES string of the molecule is C=C1CC(Cn2nc(C)c(=O)[nH]c2=O)(c2ccccc2)OC1=O. The van der Waals surface area contributed by atoms with Crippen molar-refractivity contribution in [3.63, 3.8) is 0 Å². The number of carbonyl (C=O) groups is 1. The topological polar surface area (TPSA) is 94.1 Å². The maximum absolute atomic E-state index is 12.0. The molecule has 1 fully saturated rings. The van der Waals surface area contributed by atoms with E-state index in [1.807, 2.05) is 30.3 Å². The summed E-state index contributed by atoms with van der Waals surface area (Å²) < 4.78 is 6.65. The molecule has 118 valence electrons. The average Bonchev–Trinajstić information content (AvgIpc) is 2.81. The molecule has 1 aromatic heterocycles. The number of aryl methyl sites for hydroxylation is 1. The number of ether oxygens (including phenoxy) is 1. The quantitative estimate of drug-likeness (QED) is 0.663. The van der Waals surface area contributed by atoms with E-state index in [0.717, 1.165) is 10.2 Å². The molecule has 1 unspecified atom stereocenters. The first-order valence-electron chi connectivity index (χ1n) is 7.06. The molecule has 1 N–H and O–H groups in total. The molecule has 0 amide bonds. The molecule has 3 rings (SSSR count). The van der Waals surface area contributed by atoms with E-state index in [-0.39, 0.29) is 18.7 Å². The van der Waals surface area contributed by atoms with E-state index in [2.05, 4.69) is 16.7 Å². The minimum Gasteiger partial charge on any atom is -0.448 e. The highest BCUT2D eigenvalue weighted by molar-refractivity contribution is 5.90. The minimum absolute atomic E-state index is 0.00176. The van der Waals surface area contributed by atoms with Crippen LogP contribution in [0.5, 0.6) is 0 Å². The molecule has 1 aromatic carbocycles. The van der Waals surface area contributed by atoms with Gasteiger partial charge in [-0.15, -0.1) is 0 Å². The van der Waals surface area contributed by atoms with Gasteiger partial charge in [0.1, 0.15) is 5.69 Å². The normalized spacial score (nSPS) is 20.6. The number of aromatic nitrogens is 3. The Morgan fingerprint density at radius 3 is 2.61 bits per heavy atom. The lowest BCUT2D eigenvalue weighted by atomic mass is 9.89. The number of carbonyl (C=O) groups excluding carboxylic acids is 1. The number of nitrogens with zero attached hydrogens (tertiary/aromatic N) is 2. The van der Waals surface area contributed by atoms with Crippen molar-refractivity contribution in [1.29, 1.82) is 0 Å². The van der Waals surface area contributed by atoms with E-state index >= 15 is 0 Å². The third-order valence-corrected chi connectivity index (χ3v) is 3.83. The first-order valence-corrected chi connectivity index (χ1v) is 7.06. The lowest BCUT2D eigenvalue weighted by Gasteiger charge is -2.27. The van der Waals surface area contributed by atoms with Gasteiger partial charge < -0.3 is 4.74 Å². The van der Waals surface area contributed by atoms with Gasteiger partial charge in [-0.25, -0.2) is 14.3 Å². The van der Waals surface area contributed by atoms with Gasteiger partial charge in [0.15, 0.2) is 5.60 Å². The zero-order valence-corrected chi connectivity index (χ0v) is 12.5. The van der Waals surface area contributed by atoms with Gasteiger partial charge >= 0.3 is 11.7 Å². The smallest absolute Gasteiger partial charge is 0.344 e. The predicted molar refractivity (Wildman–Crippen MR) is 81.8 cm³/mol. The second-order valence-electron chi connectivity index (χ2n) is 5.53. The van der Waals surface area contributed by atoms with Crippen LogP contribution in [-0.4, -0.2) is 20.7 Å². The van der Waals surface area contributed by atoms with Crippen LogP contribution >= 0.6 is 0 Å². The molecule has 0 saturated carbocycles. The maximum Gasteiger partial charge on any atom is 0.344 e. The van der Waals surface area contributed by atoms with Crippen LogP contribution in [0.3, 0.4) is 0 Å². The van der Waals surface area contributed by atoms with Gasteiger partial charge in [0.2, 0.25) is 0 Å². The zero-order valence-electron chi connectivity index (χ0n) is 12.5. The van der Waals surface area contributed by atoms with Crippen LogP contribution in [0.2, 0.25) is 0 Å². The average molecular weight is 313 g/mol. The van der Waals surface area contributed by atoms with E-state index in [0.29, 0.717) is 5.57 Å². The Balaban J connectivity index is 2.10. The molecule has 1 atom stereocenters. The number of hydrogen-bond donors (Lipinski definition) is 1. The lowest BCUT2D eigenvalue weighted by Crippen LogP contribution is -2.41. The van der Waals surface area contributed by atoms with Gasteiger partial charge in [-0.05, 0) is 12.5 Å². The molecule has 0 spiro atoms. The molecule has 1 aliphatic rings. The second-order valence-corrected chi connectivity index (χ2v) is 5.53. The monoisotopic (exact) mass is 313 g/mol. The maximum atomic E-state index is 12.0. The fourth-order valence-electron chi connectivity index (χ4n) is 2.66. The molecule has 1 saturated heterocycles. The number of esters is 1. The van der Waals surface area contributed by atoms with E-state index in [1.54, 1.807) is 0 Å². The van der Waals surface area contributed by atoms with Gasteiger partial charge in [-0.3, -0.25) is 9.78 Å². The fourth-order valence-corrected chi connectivity index (χ4v) is 2.66. The summed E-state index contributed by atoms with van der Waals surface area (Å²) in [4.78, 5) is 37.5. The van der Waals surface area contributed by atoms with Crippen molar-refractivity contribution in [2.75, 3.05) is 0 Å². The third-order valence-electron chi connectivity index (χ3n) is 3.83. The van der Waals surface area contributed by atoms with Crippen molar-refractivity contribution in [3.8, 4) is 0 Å². The van der Waals surface area contributed by atoms with Crippen LogP contribution in [0.4, 0.5) is 0 Å². The summed E-state index contributed by atoms with van der Waals surface area (Å²) >= 11 is 0. The van der Waals surface area contributed by atoms with Gasteiger partial charge in [0, 0.05) is 12.0 Å². The minimum atomic E-state index is -1.06. The van der Waals surface area contributed by atoms with Gasteiger partial charge in [-0.1, -0.05) is 36.9 Å². The largest absolute Gasteiger partial charge is 0.448 e. The molecule has 23 heavy (non-hydrogen) atoms. The highest BCUT2D eigenvalue weighted by atomic mass is 16.6. The first-order chi connectivity index (χ1) is 10.9. The van der Waals surface area contributed by atoms with Crippen molar-refractivity contribution in [3.05, 3.63) is 74.6 Å². The number of cyclic esters (lactones) is 1. The Bertz CT molecular complexity index is 880. The van der Waals surface area contributed by atoms with Crippen molar-refractivity contribution in [2.24, 2.45) is 0 Å². The molecule has 7 nitrogen and oxygen atoms in total. The Morgan fingerprint density at radius 1 is 1.30 bits per heavy atom. The molecule has 0 radical (unpaired) electrons. The summed E-state index contributed by atoms with van der Waals surface area (Å²) in [5.74, 6) is -0.497. The van der Waals surface area contributed by atoms with Gasteiger partial charge in [-0.2, -0.15) is 5.10 Å². The zero-order chi connectivity index (χ0) is 16.6. The highest BCUT2D eigenvalue weighted by Crippen LogP contribution is 2.40. The number of H-pyrrole nitrogens is 1. The predicted octanol–water partition coefficient (Wildman–Crippen LogP) is 0.639. The van der Waals surface area contributed by atoms with E-state index < -0.39 is 22.8 Å². The summed E-state index contributed by atoms with van der Waals surface area (Å²) in [5, 5.41) is 4.00. The van der Waals surface area contributed by atoms with E-state index in [1.165, 1.54) is 6.92 Å². The number of nitrogens with one attached hydrogen (secondary N) is 1. The number of aromatic amines is 1. The van der Waals surface area contributed by atoms with E-state index in [4.69, 9.17) is 4.74 Å². The van der Waals surface area contributed by atoms with E-state index in [9.17, 15) is 14.4 Å². The Kier molecular flexibility index (Phi) is 3.48. The second kappa shape index (κ2) is 5.35. The van der Waals surface area contributed by atoms with Crippen molar-refractivity contribution in [1.82, 2.24) is 14.8 Å². The van der Waals surface area contributed by atoms with Crippen molar-refractivity contribution >= 4 is 5.97 Å². The molecule has 7 heteroatoms. The number of rotatable bonds is 3. The van der Waals surface area contributed by atoms with Crippen molar-refractivity contribution in [2.45, 2.75) is 25.5 Å². The first kappa shape index (κ1) is 15.0. The van der Waals surface area contributed by atoms with Gasteiger partial charge in [0.25, 0.3) is 5.56 Å². The van der Waals surface area contributed by atoms with Crippen LogP contribution in [0.25, 0.3) is 0 Å². The molecule has 2 aromatic rings. The molecular weight excluding hydrogens is 298 g/mol. The lowest BCUT2D eigenvalue weighted by molar-refractivity contribution is -0.148. The summed E-state index contributed by atoms with van der Waals surface area (Å²) in [6, 6.07) is 9.11. The van der Waals surface area contributed by atoms with Crippen LogP contribution in [0.15, 0.2) is 52.1 Å². The number of hydrogen-bond acceptors (Lipinski definition) is 5. The molecule has 1 aliphatic heterocycles. The van der Waals surface area contributed by atoms with Crippen LogP contribution in [-0.2, 0) is 21.7 Å². The summed E-state index contributed by atoms with van der Waals surface area (Å²) in [6.45, 7) is 5.21. The Morgan fingerprint density at radius 2 is 2.00 bits per heavy atom. The molecule has 2 heterocycles. The molecule has 0 aliphatic carbocycles. The third kappa shape index (κ3) is 2.61. The van der Waals surface area contributed by atoms with Crippen molar-refractivity contribution < 1.29 is 9.53 Å². The van der Waals surface area contributed by atoms with Crippen LogP contribution < -0.4 is 11.2 Å². The highest BCUT2D eigenvalue weighted by Gasteiger charge is 2.45. The van der Waals surface area contributed by atoms with Gasteiger partial charge in [0.05, 0.1) is 6.54 Å². The summed E-state index contributed by atoms with van der Waals surface area (Å²) in [5.41, 5.74) is -1.00. The summed E-state index contributed by atoms with van der Waals surface area (Å²) in [6.07, 6.45) is 0.252. The van der Waals surface area contributed by atoms with Crippen LogP contribution in [0, 0.1) is 6.92 Å².